The van der Waals surface area contributed by atoms with E-state index in [0.717, 1.165) is 10.8 Å². The topological polar surface area (TPSA) is 87.1 Å². The highest BCUT2D eigenvalue weighted by atomic mass is 32.2. The van der Waals surface area contributed by atoms with Crippen molar-refractivity contribution >= 4 is 46.0 Å². The number of fused-ring (bicyclic) bond motifs is 2. The maximum Gasteiger partial charge on any atom is 0.311 e. The first-order chi connectivity index (χ1) is 17.8. The van der Waals surface area contributed by atoms with Crippen molar-refractivity contribution in [3.63, 3.8) is 0 Å². The fourth-order valence-corrected chi connectivity index (χ4v) is 8.93. The number of hydrogen-bond donors (Lipinski definition) is 1. The predicted molar refractivity (Wildman–Crippen MR) is 145 cm³/mol. The van der Waals surface area contributed by atoms with E-state index in [1.807, 2.05) is 49.4 Å². The van der Waals surface area contributed by atoms with Gasteiger partial charge in [-0.05, 0) is 42.7 Å². The van der Waals surface area contributed by atoms with Crippen LogP contribution in [0.5, 0.6) is 0 Å². The Morgan fingerprint density at radius 3 is 2.65 bits per heavy atom. The maximum absolute atomic E-state index is 14.4. The quantitative estimate of drug-likeness (QED) is 0.402. The Morgan fingerprint density at radius 1 is 1.19 bits per heavy atom. The Balaban J connectivity index is 1.57. The number of ether oxygens (including phenoxy) is 1. The molecule has 3 aliphatic rings. The lowest BCUT2D eigenvalue weighted by molar-refractivity contribution is -0.154. The van der Waals surface area contributed by atoms with E-state index in [0.29, 0.717) is 18.5 Å². The minimum absolute atomic E-state index is 0.0266. The second-order valence-electron chi connectivity index (χ2n) is 10.2. The van der Waals surface area contributed by atoms with E-state index >= 15 is 0 Å². The number of amides is 2. The molecule has 1 N–H and O–H groups in total. The zero-order valence-corrected chi connectivity index (χ0v) is 21.8. The van der Waals surface area contributed by atoms with Gasteiger partial charge in [0.15, 0.2) is 0 Å². The van der Waals surface area contributed by atoms with Crippen LogP contribution in [0.25, 0.3) is 10.8 Å². The number of anilines is 1. The summed E-state index contributed by atoms with van der Waals surface area (Å²) in [5.41, 5.74) is 0.713. The van der Waals surface area contributed by atoms with Crippen LogP contribution >= 0.6 is 11.8 Å². The van der Waals surface area contributed by atoms with Crippen LogP contribution in [0.2, 0.25) is 0 Å². The van der Waals surface area contributed by atoms with Gasteiger partial charge in [-0.3, -0.25) is 14.4 Å². The van der Waals surface area contributed by atoms with Crippen molar-refractivity contribution < 1.29 is 24.2 Å². The van der Waals surface area contributed by atoms with E-state index in [2.05, 4.69) is 13.2 Å². The monoisotopic (exact) mass is 520 g/mol. The molecule has 1 spiro atoms. The third kappa shape index (κ3) is 3.89. The number of nitrogens with zero attached hydrogens (tertiary/aromatic N) is 2. The van der Waals surface area contributed by atoms with E-state index < -0.39 is 33.3 Å². The molecule has 7 nitrogen and oxygen atoms in total. The van der Waals surface area contributed by atoms with Crippen LogP contribution in [-0.4, -0.2) is 69.6 Å². The van der Waals surface area contributed by atoms with Crippen molar-refractivity contribution in [3.05, 3.63) is 67.8 Å². The van der Waals surface area contributed by atoms with Crippen molar-refractivity contribution in [2.24, 2.45) is 11.8 Å². The lowest BCUT2D eigenvalue weighted by atomic mass is 9.66. The summed E-state index contributed by atoms with van der Waals surface area (Å²) >= 11 is 1.58. The summed E-state index contributed by atoms with van der Waals surface area (Å²) in [5, 5.41) is 11.9. The number of thioether (sulfide) groups is 1. The van der Waals surface area contributed by atoms with Crippen LogP contribution in [0.15, 0.2) is 67.8 Å². The van der Waals surface area contributed by atoms with Crippen molar-refractivity contribution in [3.8, 4) is 0 Å². The number of likely N-dealkylation sites (tertiary alicyclic amines) is 1. The number of aliphatic hydroxyl groups is 1. The van der Waals surface area contributed by atoms with Gasteiger partial charge in [0.05, 0.1) is 23.2 Å². The number of carbonyl (C=O) groups excluding carboxylic acids is 3. The van der Waals surface area contributed by atoms with Gasteiger partial charge >= 0.3 is 5.97 Å². The van der Waals surface area contributed by atoms with Gasteiger partial charge in [0.2, 0.25) is 5.91 Å². The van der Waals surface area contributed by atoms with E-state index in [4.69, 9.17) is 4.74 Å². The molecule has 0 radical (unpaired) electrons. The van der Waals surface area contributed by atoms with Gasteiger partial charge in [-0.25, -0.2) is 0 Å². The molecule has 3 saturated heterocycles. The number of esters is 1. The summed E-state index contributed by atoms with van der Waals surface area (Å²) in [7, 11) is 0. The summed E-state index contributed by atoms with van der Waals surface area (Å²) < 4.78 is 4.16. The van der Waals surface area contributed by atoms with E-state index in [1.54, 1.807) is 22.7 Å². The molecule has 3 aliphatic heterocycles. The largest absolute Gasteiger partial charge is 0.461 e. The van der Waals surface area contributed by atoms with Crippen LogP contribution in [0.4, 0.5) is 5.69 Å². The third-order valence-corrected chi connectivity index (χ3v) is 10.1. The smallest absolute Gasteiger partial charge is 0.311 e. The van der Waals surface area contributed by atoms with Crippen molar-refractivity contribution in [1.82, 2.24) is 4.90 Å². The first-order valence-electron chi connectivity index (χ1n) is 12.6. The Hall–Kier alpha value is -3.10. The summed E-state index contributed by atoms with van der Waals surface area (Å²) in [6.45, 7) is 9.57. The molecule has 5 atom stereocenters. The predicted octanol–water partition coefficient (Wildman–Crippen LogP) is 3.56. The fourth-order valence-electron chi connectivity index (χ4n) is 6.59. The molecule has 37 heavy (non-hydrogen) atoms. The molecule has 2 amide bonds. The molecule has 0 saturated carbocycles. The van der Waals surface area contributed by atoms with Crippen LogP contribution in [0, 0.1) is 11.8 Å². The molecule has 2 aromatic rings. The molecule has 194 valence electrons. The number of aliphatic hydroxyl groups excluding tert-OH is 1. The van der Waals surface area contributed by atoms with E-state index in [1.165, 1.54) is 11.0 Å². The third-order valence-electron chi connectivity index (χ3n) is 8.07. The first-order valence-corrected chi connectivity index (χ1v) is 13.4. The van der Waals surface area contributed by atoms with Crippen LogP contribution in [0.3, 0.4) is 0 Å². The van der Waals surface area contributed by atoms with E-state index in [-0.39, 0.29) is 38.1 Å². The van der Waals surface area contributed by atoms with Gasteiger partial charge in [0.25, 0.3) is 5.91 Å². The Kier molecular flexibility index (Phi) is 6.66. The second-order valence-corrected chi connectivity index (χ2v) is 12.1. The minimum Gasteiger partial charge on any atom is -0.461 e. The Bertz CT molecular complexity index is 1280. The van der Waals surface area contributed by atoms with Gasteiger partial charge in [-0.2, -0.15) is 0 Å². The highest BCUT2D eigenvalue weighted by molar-refractivity contribution is 8.02. The maximum atomic E-state index is 14.4. The van der Waals surface area contributed by atoms with Crippen LogP contribution in [0.1, 0.15) is 19.8 Å². The van der Waals surface area contributed by atoms with Crippen molar-refractivity contribution in [2.75, 3.05) is 31.2 Å². The molecular weight excluding hydrogens is 488 g/mol. The van der Waals surface area contributed by atoms with Crippen molar-refractivity contribution in [2.45, 2.75) is 35.3 Å². The molecule has 0 aromatic heterocycles. The molecule has 3 fully saturated rings. The summed E-state index contributed by atoms with van der Waals surface area (Å²) in [4.78, 5) is 44.7. The molecule has 2 unspecified atom stereocenters. The van der Waals surface area contributed by atoms with E-state index in [9.17, 15) is 19.5 Å². The van der Waals surface area contributed by atoms with Gasteiger partial charge in [-0.1, -0.05) is 49.1 Å². The minimum atomic E-state index is -0.812. The Labute approximate surface area is 221 Å². The zero-order chi connectivity index (χ0) is 26.4. The average molecular weight is 521 g/mol. The molecule has 3 heterocycles. The summed E-state index contributed by atoms with van der Waals surface area (Å²) in [6, 6.07) is 13.0. The normalized spacial score (nSPS) is 29.8. The standard InChI is InChI=1S/C29H32N2O5S/c1-4-14-30(21-11-10-19-8-6-7-9-20(19)18-21)26(34)24-29-13-12-28(3,37-29)23(27(35)36-17-5-2)22(29)25(33)31(24)15-16-32/h4-11,18,22-24,32H,1-2,12-17H2,3H3/t22-,23-,24?,28+,29?/m0/s1. The number of rotatable bonds is 9. The summed E-state index contributed by atoms with van der Waals surface area (Å²) in [5.74, 6) is -2.26. The lowest BCUT2D eigenvalue weighted by Crippen LogP contribution is -2.55. The molecule has 0 aliphatic carbocycles. The molecule has 2 bridgehead atoms. The number of carbonyl (C=O) groups is 3. The van der Waals surface area contributed by atoms with Crippen LogP contribution < -0.4 is 4.90 Å². The first kappa shape index (κ1) is 25.5. The highest BCUT2D eigenvalue weighted by Crippen LogP contribution is 2.71. The zero-order valence-electron chi connectivity index (χ0n) is 21.0. The van der Waals surface area contributed by atoms with Gasteiger partial charge in [-0.15, -0.1) is 18.3 Å². The number of β-amino-alcohol motifs (C(OH)–C–C–N with tert-alkyl or cyclic N) is 1. The number of benzene rings is 2. The van der Waals surface area contributed by atoms with Gasteiger partial charge < -0.3 is 19.6 Å². The average Bonchev–Trinajstić information content (AvgIpc) is 3.46. The second kappa shape index (κ2) is 9.65. The molecule has 5 rings (SSSR count). The summed E-state index contributed by atoms with van der Waals surface area (Å²) in [6.07, 6.45) is 4.51. The van der Waals surface area contributed by atoms with Crippen molar-refractivity contribution in [1.29, 1.82) is 0 Å². The molecular formula is C29H32N2O5S. The molecule has 8 heteroatoms. The van der Waals surface area contributed by atoms with Gasteiger partial charge in [0, 0.05) is 23.5 Å². The lowest BCUT2D eigenvalue weighted by Gasteiger charge is -2.37. The Morgan fingerprint density at radius 2 is 1.95 bits per heavy atom. The number of hydrogen-bond acceptors (Lipinski definition) is 6. The van der Waals surface area contributed by atoms with Crippen LogP contribution in [-0.2, 0) is 19.1 Å². The SMILES string of the molecule is C=CCOC(=O)[C@@H]1[C@H]2C(=O)N(CCO)C(C(=O)N(CC=C)c3ccc4ccccc4c3)C23CC[C@@]1(C)S3. The fraction of sp³-hybridized carbons (Fsp3) is 0.414. The molecule has 2 aromatic carbocycles. The van der Waals surface area contributed by atoms with Gasteiger partial charge in [0.1, 0.15) is 12.6 Å². The highest BCUT2D eigenvalue weighted by Gasteiger charge is 2.77.